The maximum absolute atomic E-state index is 13.6. The van der Waals surface area contributed by atoms with E-state index in [1.807, 2.05) is 0 Å². The number of hydrogen-bond acceptors (Lipinski definition) is 3. The van der Waals surface area contributed by atoms with Crippen molar-refractivity contribution >= 4 is 22.4 Å². The zero-order chi connectivity index (χ0) is 15.5. The fourth-order valence-electron chi connectivity index (χ4n) is 2.59. The van der Waals surface area contributed by atoms with E-state index in [1.54, 1.807) is 6.92 Å². The van der Waals surface area contributed by atoms with Gasteiger partial charge < -0.3 is 5.32 Å². The summed E-state index contributed by atoms with van der Waals surface area (Å²) in [7, 11) is -3.57. The molecule has 1 aromatic carbocycles. The zero-order valence-corrected chi connectivity index (χ0v) is 14.6. The third-order valence-electron chi connectivity index (χ3n) is 4.04. The van der Waals surface area contributed by atoms with Crippen molar-refractivity contribution in [3.8, 4) is 0 Å². The van der Waals surface area contributed by atoms with Crippen molar-refractivity contribution in [3.05, 3.63) is 29.6 Å². The average molecular weight is 351 g/mol. The molecular weight excluding hydrogens is 327 g/mol. The van der Waals surface area contributed by atoms with E-state index in [4.69, 9.17) is 0 Å². The van der Waals surface area contributed by atoms with Crippen LogP contribution in [-0.2, 0) is 10.0 Å². The third kappa shape index (κ3) is 4.41. The smallest absolute Gasteiger partial charge is 0.243 e. The number of sulfonamides is 1. The molecule has 0 radical (unpaired) electrons. The van der Waals surface area contributed by atoms with Gasteiger partial charge in [0.25, 0.3) is 0 Å². The van der Waals surface area contributed by atoms with Crippen molar-refractivity contribution in [1.82, 2.24) is 9.62 Å². The van der Waals surface area contributed by atoms with E-state index < -0.39 is 15.8 Å². The predicted molar refractivity (Wildman–Crippen MR) is 88.4 cm³/mol. The van der Waals surface area contributed by atoms with Gasteiger partial charge in [0.15, 0.2) is 0 Å². The number of rotatable bonds is 5. The van der Waals surface area contributed by atoms with Crippen LogP contribution in [0, 0.1) is 18.7 Å². The van der Waals surface area contributed by atoms with E-state index in [9.17, 15) is 12.8 Å². The summed E-state index contributed by atoms with van der Waals surface area (Å²) in [6, 6.07) is 4.12. The molecular formula is C15H24ClFN2O2S. The minimum atomic E-state index is -3.57. The topological polar surface area (TPSA) is 49.4 Å². The average Bonchev–Trinajstić information content (AvgIpc) is 2.48. The van der Waals surface area contributed by atoms with Crippen LogP contribution in [0.1, 0.15) is 25.3 Å². The molecule has 1 aromatic rings. The highest BCUT2D eigenvalue weighted by molar-refractivity contribution is 7.89. The van der Waals surface area contributed by atoms with Crippen LogP contribution in [0.3, 0.4) is 0 Å². The Kier molecular flexibility index (Phi) is 7.25. The number of nitrogens with one attached hydrogen (secondary N) is 1. The number of piperidine rings is 1. The summed E-state index contributed by atoms with van der Waals surface area (Å²) in [6.07, 6.45) is 1.70. The maximum Gasteiger partial charge on any atom is 0.243 e. The van der Waals surface area contributed by atoms with Gasteiger partial charge in [-0.25, -0.2) is 12.8 Å². The van der Waals surface area contributed by atoms with Crippen molar-refractivity contribution < 1.29 is 12.8 Å². The Balaban J connectivity index is 0.00000242. The SMILES string of the molecule is CCNCC1CCN(S(=O)(=O)c2ccc(C)c(F)c2)CC1.Cl. The van der Waals surface area contributed by atoms with Gasteiger partial charge in [0.05, 0.1) is 4.90 Å². The highest BCUT2D eigenvalue weighted by atomic mass is 35.5. The first-order chi connectivity index (χ1) is 9.95. The second-order valence-electron chi connectivity index (χ2n) is 5.57. The van der Waals surface area contributed by atoms with Crippen molar-refractivity contribution in [3.63, 3.8) is 0 Å². The molecule has 1 heterocycles. The first-order valence-corrected chi connectivity index (χ1v) is 8.86. The highest BCUT2D eigenvalue weighted by Crippen LogP contribution is 2.24. The Labute approximate surface area is 138 Å². The number of benzene rings is 1. The monoisotopic (exact) mass is 350 g/mol. The molecule has 0 aliphatic carbocycles. The minimum absolute atomic E-state index is 0. The van der Waals surface area contributed by atoms with Crippen LogP contribution in [0.2, 0.25) is 0 Å². The fraction of sp³-hybridized carbons (Fsp3) is 0.600. The van der Waals surface area contributed by atoms with Crippen LogP contribution in [0.4, 0.5) is 4.39 Å². The lowest BCUT2D eigenvalue weighted by atomic mass is 9.98. The molecule has 1 N–H and O–H groups in total. The number of nitrogens with zero attached hydrogens (tertiary/aromatic N) is 1. The molecule has 22 heavy (non-hydrogen) atoms. The number of halogens is 2. The second kappa shape index (κ2) is 8.24. The third-order valence-corrected chi connectivity index (χ3v) is 5.93. The van der Waals surface area contributed by atoms with Crippen molar-refractivity contribution in [2.24, 2.45) is 5.92 Å². The molecule has 1 saturated heterocycles. The Bertz CT molecular complexity index is 587. The zero-order valence-electron chi connectivity index (χ0n) is 13.0. The normalized spacial score (nSPS) is 17.2. The van der Waals surface area contributed by atoms with Crippen LogP contribution in [-0.4, -0.2) is 38.9 Å². The van der Waals surface area contributed by atoms with Crippen LogP contribution in [0.25, 0.3) is 0 Å². The molecule has 0 spiro atoms. The Morgan fingerprint density at radius 1 is 1.32 bits per heavy atom. The Hall–Kier alpha value is -0.690. The summed E-state index contributed by atoms with van der Waals surface area (Å²) in [4.78, 5) is 0.0516. The van der Waals surface area contributed by atoms with Gasteiger partial charge in [0.1, 0.15) is 5.82 Å². The number of aryl methyl sites for hydroxylation is 1. The molecule has 0 atom stereocenters. The first-order valence-electron chi connectivity index (χ1n) is 7.42. The van der Waals surface area contributed by atoms with Gasteiger partial charge in [-0.15, -0.1) is 12.4 Å². The molecule has 1 aliphatic heterocycles. The Morgan fingerprint density at radius 2 is 1.95 bits per heavy atom. The molecule has 126 valence electrons. The van der Waals surface area contributed by atoms with Gasteiger partial charge in [0.2, 0.25) is 10.0 Å². The van der Waals surface area contributed by atoms with Crippen molar-refractivity contribution in [2.75, 3.05) is 26.2 Å². The van der Waals surface area contributed by atoms with Gasteiger partial charge >= 0.3 is 0 Å². The summed E-state index contributed by atoms with van der Waals surface area (Å²) in [5.41, 5.74) is 0.457. The molecule has 0 amide bonds. The molecule has 1 aliphatic rings. The van der Waals surface area contributed by atoms with E-state index in [0.29, 0.717) is 24.6 Å². The predicted octanol–water partition coefficient (Wildman–Crippen LogP) is 2.57. The molecule has 0 aromatic heterocycles. The van der Waals surface area contributed by atoms with Crippen LogP contribution in [0.5, 0.6) is 0 Å². The maximum atomic E-state index is 13.6. The largest absolute Gasteiger partial charge is 0.317 e. The second-order valence-corrected chi connectivity index (χ2v) is 7.50. The van der Waals surface area contributed by atoms with Gasteiger partial charge in [-0.1, -0.05) is 13.0 Å². The lowest BCUT2D eigenvalue weighted by Gasteiger charge is -2.31. The summed E-state index contributed by atoms with van der Waals surface area (Å²) in [5, 5.41) is 3.30. The van der Waals surface area contributed by atoms with Gasteiger partial charge in [0, 0.05) is 13.1 Å². The molecule has 2 rings (SSSR count). The summed E-state index contributed by atoms with van der Waals surface area (Å²) in [5.74, 6) is 0.0456. The number of hydrogen-bond donors (Lipinski definition) is 1. The van der Waals surface area contributed by atoms with Crippen LogP contribution in [0.15, 0.2) is 23.1 Å². The lowest BCUT2D eigenvalue weighted by molar-refractivity contribution is 0.268. The lowest BCUT2D eigenvalue weighted by Crippen LogP contribution is -2.40. The van der Waals surface area contributed by atoms with E-state index in [-0.39, 0.29) is 17.3 Å². The van der Waals surface area contributed by atoms with Crippen LogP contribution < -0.4 is 5.32 Å². The van der Waals surface area contributed by atoms with Crippen molar-refractivity contribution in [1.29, 1.82) is 0 Å². The summed E-state index contributed by atoms with van der Waals surface area (Å²) < 4.78 is 40.1. The van der Waals surface area contributed by atoms with E-state index in [1.165, 1.54) is 16.4 Å². The summed E-state index contributed by atoms with van der Waals surface area (Å²) >= 11 is 0. The molecule has 0 unspecified atom stereocenters. The molecule has 4 nitrogen and oxygen atoms in total. The molecule has 1 fully saturated rings. The molecule has 0 saturated carbocycles. The minimum Gasteiger partial charge on any atom is -0.317 e. The van der Waals surface area contributed by atoms with E-state index >= 15 is 0 Å². The van der Waals surface area contributed by atoms with Crippen LogP contribution >= 0.6 is 12.4 Å². The van der Waals surface area contributed by atoms with Gasteiger partial charge in [-0.3, -0.25) is 0 Å². The van der Waals surface area contributed by atoms with Crippen molar-refractivity contribution in [2.45, 2.75) is 31.6 Å². The van der Waals surface area contributed by atoms with Gasteiger partial charge in [-0.2, -0.15) is 4.31 Å². The quantitative estimate of drug-likeness (QED) is 0.888. The fourth-order valence-corrected chi connectivity index (χ4v) is 4.07. The van der Waals surface area contributed by atoms with E-state index in [2.05, 4.69) is 12.2 Å². The Morgan fingerprint density at radius 3 is 2.50 bits per heavy atom. The molecule has 0 bridgehead atoms. The highest BCUT2D eigenvalue weighted by Gasteiger charge is 2.29. The van der Waals surface area contributed by atoms with E-state index in [0.717, 1.165) is 32.0 Å². The molecule has 7 heteroatoms. The van der Waals surface area contributed by atoms with Gasteiger partial charge in [-0.05, 0) is 56.5 Å². The standard InChI is InChI=1S/C15H23FN2O2S.ClH/c1-3-17-11-13-6-8-18(9-7-13)21(19,20)14-5-4-12(2)15(16)10-14;/h4-5,10,13,17H,3,6-9,11H2,1-2H3;1H. The summed E-state index contributed by atoms with van der Waals surface area (Å²) in [6.45, 7) is 6.57. The first kappa shape index (κ1) is 19.4.